The van der Waals surface area contributed by atoms with Gasteiger partial charge in [-0.3, -0.25) is 14.5 Å². The second kappa shape index (κ2) is 7.38. The van der Waals surface area contributed by atoms with Crippen LogP contribution in [0.2, 0.25) is 5.02 Å². The smallest absolute Gasteiger partial charge is 0.295 e. The molecule has 1 aliphatic rings. The maximum atomic E-state index is 13.5. The number of nitrogens with zero attached hydrogens (tertiary/aromatic N) is 1. The Morgan fingerprint density at radius 2 is 1.63 bits per heavy atom. The lowest BCUT2D eigenvalue weighted by Crippen LogP contribution is -2.29. The number of hydrogen-bond acceptors (Lipinski definition) is 3. The van der Waals surface area contributed by atoms with Crippen LogP contribution in [-0.4, -0.2) is 5.91 Å². The fraction of sp³-hybridized carbons (Fsp3) is 0.0435. The third kappa shape index (κ3) is 3.11. The minimum atomic E-state index is -0.626. The highest BCUT2D eigenvalue weighted by molar-refractivity contribution is 9.10. The van der Waals surface area contributed by atoms with Crippen LogP contribution < -0.4 is 10.3 Å². The molecule has 1 aromatic heterocycles. The fourth-order valence-corrected chi connectivity index (χ4v) is 4.81. The second-order valence-corrected chi connectivity index (χ2v) is 9.19. The zero-order valence-electron chi connectivity index (χ0n) is 15.2. The Kier molecular flexibility index (Phi) is 4.81. The van der Waals surface area contributed by atoms with Crippen molar-refractivity contribution in [3.8, 4) is 0 Å². The van der Waals surface area contributed by atoms with Gasteiger partial charge in [0, 0.05) is 19.7 Å². The van der Waals surface area contributed by atoms with Crippen molar-refractivity contribution in [1.82, 2.24) is 0 Å². The molecule has 0 bridgehead atoms. The molecule has 1 unspecified atom stereocenters. The molecule has 148 valence electrons. The Bertz CT molecular complexity index is 1400. The van der Waals surface area contributed by atoms with Gasteiger partial charge in [0.1, 0.15) is 5.58 Å². The van der Waals surface area contributed by atoms with E-state index in [4.69, 9.17) is 16.0 Å². The summed E-state index contributed by atoms with van der Waals surface area (Å²) in [6.07, 6.45) is 0. The van der Waals surface area contributed by atoms with E-state index in [1.807, 2.05) is 48.5 Å². The SMILES string of the molecule is O=C1c2oc3ccc(Cl)cc3c(=O)c2C(c2cccc(Br)c2)N1c1cccc(Br)c1. The van der Waals surface area contributed by atoms with Crippen LogP contribution in [0.5, 0.6) is 0 Å². The maximum absolute atomic E-state index is 13.5. The summed E-state index contributed by atoms with van der Waals surface area (Å²) in [4.78, 5) is 28.6. The summed E-state index contributed by atoms with van der Waals surface area (Å²) in [6.45, 7) is 0. The van der Waals surface area contributed by atoms with Gasteiger partial charge in [0.2, 0.25) is 5.76 Å². The summed E-state index contributed by atoms with van der Waals surface area (Å²) >= 11 is 13.1. The van der Waals surface area contributed by atoms with Gasteiger partial charge in [-0.25, -0.2) is 0 Å². The van der Waals surface area contributed by atoms with E-state index in [-0.39, 0.29) is 17.1 Å². The third-order valence-corrected chi connectivity index (χ3v) is 6.30. The highest BCUT2D eigenvalue weighted by Crippen LogP contribution is 2.42. The van der Waals surface area contributed by atoms with E-state index in [1.54, 1.807) is 23.1 Å². The lowest BCUT2D eigenvalue weighted by Gasteiger charge is -2.25. The van der Waals surface area contributed by atoms with E-state index in [1.165, 1.54) is 0 Å². The van der Waals surface area contributed by atoms with Crippen molar-refractivity contribution in [2.45, 2.75) is 6.04 Å². The summed E-state index contributed by atoms with van der Waals surface area (Å²) in [5.74, 6) is -0.304. The van der Waals surface area contributed by atoms with Gasteiger partial charge in [-0.1, -0.05) is 61.7 Å². The number of rotatable bonds is 2. The van der Waals surface area contributed by atoms with Crippen LogP contribution in [0.1, 0.15) is 27.7 Å². The third-order valence-electron chi connectivity index (χ3n) is 5.08. The molecule has 4 nitrogen and oxygen atoms in total. The van der Waals surface area contributed by atoms with E-state index in [2.05, 4.69) is 31.9 Å². The van der Waals surface area contributed by atoms with Crippen molar-refractivity contribution in [1.29, 1.82) is 0 Å². The van der Waals surface area contributed by atoms with Gasteiger partial charge in [-0.15, -0.1) is 0 Å². The predicted octanol–water partition coefficient (Wildman–Crippen LogP) is 6.72. The maximum Gasteiger partial charge on any atom is 0.295 e. The molecule has 5 rings (SSSR count). The van der Waals surface area contributed by atoms with E-state index in [0.29, 0.717) is 27.2 Å². The van der Waals surface area contributed by atoms with Gasteiger partial charge in [-0.2, -0.15) is 0 Å². The summed E-state index contributed by atoms with van der Waals surface area (Å²) < 4.78 is 7.62. The highest BCUT2D eigenvalue weighted by Gasteiger charge is 2.43. The summed E-state index contributed by atoms with van der Waals surface area (Å²) in [6, 6.07) is 19.2. The van der Waals surface area contributed by atoms with Gasteiger partial charge >= 0.3 is 0 Å². The van der Waals surface area contributed by atoms with Crippen LogP contribution in [0.15, 0.2) is 84.9 Å². The number of benzene rings is 3. The number of anilines is 1. The Morgan fingerprint density at radius 1 is 0.900 bits per heavy atom. The first kappa shape index (κ1) is 19.5. The average Bonchev–Trinajstić information content (AvgIpc) is 3.01. The van der Waals surface area contributed by atoms with Crippen molar-refractivity contribution in [3.63, 3.8) is 0 Å². The van der Waals surface area contributed by atoms with Crippen LogP contribution in [0, 0.1) is 0 Å². The van der Waals surface area contributed by atoms with E-state index >= 15 is 0 Å². The fourth-order valence-electron chi connectivity index (χ4n) is 3.83. The molecule has 1 aliphatic heterocycles. The number of halogens is 3. The summed E-state index contributed by atoms with van der Waals surface area (Å²) in [5.41, 5.74) is 1.84. The predicted molar refractivity (Wildman–Crippen MR) is 124 cm³/mol. The molecule has 0 radical (unpaired) electrons. The van der Waals surface area contributed by atoms with Crippen molar-refractivity contribution in [3.05, 3.63) is 108 Å². The Balaban J connectivity index is 1.84. The second-order valence-electron chi connectivity index (χ2n) is 6.93. The molecule has 1 amide bonds. The summed E-state index contributed by atoms with van der Waals surface area (Å²) in [5, 5.41) is 0.784. The molecule has 1 atom stereocenters. The molecule has 30 heavy (non-hydrogen) atoms. The van der Waals surface area contributed by atoms with Gasteiger partial charge in [0.05, 0.1) is 17.0 Å². The standard InChI is InChI=1S/C23H12Br2ClNO3/c24-13-4-1-3-12(9-13)20-19-21(28)17-11-15(26)7-8-18(17)30-22(19)23(29)27(20)16-6-2-5-14(25)10-16/h1-11,20H. The number of amides is 1. The molecule has 0 spiro atoms. The van der Waals surface area contributed by atoms with E-state index in [0.717, 1.165) is 14.5 Å². The monoisotopic (exact) mass is 543 g/mol. The first-order valence-corrected chi connectivity index (χ1v) is 11.0. The van der Waals surface area contributed by atoms with Gasteiger partial charge < -0.3 is 4.42 Å². The van der Waals surface area contributed by atoms with Crippen molar-refractivity contribution in [2.24, 2.45) is 0 Å². The molecular weight excluding hydrogens is 534 g/mol. The minimum Gasteiger partial charge on any atom is -0.450 e. The number of hydrogen-bond donors (Lipinski definition) is 0. The van der Waals surface area contributed by atoms with E-state index in [9.17, 15) is 9.59 Å². The van der Waals surface area contributed by atoms with Gasteiger partial charge in [0.25, 0.3) is 5.91 Å². The first-order chi connectivity index (χ1) is 14.4. The average molecular weight is 546 g/mol. The molecule has 0 aliphatic carbocycles. The lowest BCUT2D eigenvalue weighted by molar-refractivity contribution is 0.0971. The van der Waals surface area contributed by atoms with Crippen molar-refractivity contribution in [2.75, 3.05) is 4.90 Å². The Morgan fingerprint density at radius 3 is 2.37 bits per heavy atom. The Hall–Kier alpha value is -2.41. The van der Waals surface area contributed by atoms with Gasteiger partial charge in [0.15, 0.2) is 5.43 Å². The van der Waals surface area contributed by atoms with Crippen LogP contribution in [0.3, 0.4) is 0 Å². The lowest BCUT2D eigenvalue weighted by atomic mass is 9.98. The topological polar surface area (TPSA) is 50.5 Å². The van der Waals surface area contributed by atoms with Crippen molar-refractivity contribution < 1.29 is 9.21 Å². The molecule has 0 fully saturated rings. The largest absolute Gasteiger partial charge is 0.450 e. The molecule has 0 saturated heterocycles. The molecule has 7 heteroatoms. The van der Waals surface area contributed by atoms with Crippen LogP contribution in [0.25, 0.3) is 11.0 Å². The molecule has 2 heterocycles. The molecule has 4 aromatic rings. The van der Waals surface area contributed by atoms with Crippen LogP contribution in [-0.2, 0) is 0 Å². The quantitative estimate of drug-likeness (QED) is 0.281. The highest BCUT2D eigenvalue weighted by atomic mass is 79.9. The molecule has 0 N–H and O–H groups in total. The first-order valence-electron chi connectivity index (χ1n) is 9.05. The zero-order valence-corrected chi connectivity index (χ0v) is 19.2. The normalized spacial score (nSPS) is 15.6. The molecule has 3 aromatic carbocycles. The summed E-state index contributed by atoms with van der Waals surface area (Å²) in [7, 11) is 0. The molecule has 0 saturated carbocycles. The van der Waals surface area contributed by atoms with Crippen molar-refractivity contribution >= 4 is 66.0 Å². The number of carbonyl (C=O) groups is 1. The molecular formula is C23H12Br2ClNO3. The zero-order chi connectivity index (χ0) is 21.0. The minimum absolute atomic E-state index is 0.0553. The Labute approximate surface area is 193 Å². The van der Waals surface area contributed by atoms with Gasteiger partial charge in [-0.05, 0) is 54.1 Å². The van der Waals surface area contributed by atoms with E-state index < -0.39 is 6.04 Å². The number of fused-ring (bicyclic) bond motifs is 2. The van der Waals surface area contributed by atoms with Crippen LogP contribution in [0.4, 0.5) is 5.69 Å². The number of carbonyl (C=O) groups excluding carboxylic acids is 1. The van der Waals surface area contributed by atoms with Crippen LogP contribution >= 0.6 is 43.5 Å².